The molecule has 1 fully saturated rings. The summed E-state index contributed by atoms with van der Waals surface area (Å²) in [5.74, 6) is -0.207. The molecule has 4 nitrogen and oxygen atoms in total. The van der Waals surface area contributed by atoms with E-state index in [2.05, 4.69) is 21.2 Å². The molecule has 1 aliphatic rings. The second-order valence-corrected chi connectivity index (χ2v) is 6.80. The van der Waals surface area contributed by atoms with Gasteiger partial charge in [-0.15, -0.1) is 0 Å². The van der Waals surface area contributed by atoms with E-state index >= 15 is 0 Å². The van der Waals surface area contributed by atoms with Gasteiger partial charge in [0.1, 0.15) is 0 Å². The Morgan fingerprint density at radius 3 is 2.41 bits per heavy atom. The second-order valence-electron chi connectivity index (χ2n) is 4.83. The van der Waals surface area contributed by atoms with E-state index < -0.39 is 5.37 Å². The summed E-state index contributed by atoms with van der Waals surface area (Å²) in [6.45, 7) is 0.310. The molecule has 3 rings (SSSR count). The fraction of sp³-hybridized carbons (Fsp3) is 0.125. The normalized spacial score (nSPS) is 17.9. The van der Waals surface area contributed by atoms with Gasteiger partial charge in [0.05, 0.1) is 6.54 Å². The van der Waals surface area contributed by atoms with Gasteiger partial charge < -0.3 is 5.32 Å². The summed E-state index contributed by atoms with van der Waals surface area (Å²) in [4.78, 5) is 25.8. The van der Waals surface area contributed by atoms with E-state index in [-0.39, 0.29) is 11.1 Å². The lowest BCUT2D eigenvalue weighted by atomic mass is 10.2. The van der Waals surface area contributed by atoms with Crippen molar-refractivity contribution in [3.05, 3.63) is 64.6 Å². The zero-order valence-electron chi connectivity index (χ0n) is 11.5. The first-order chi connectivity index (χ1) is 10.6. The van der Waals surface area contributed by atoms with Crippen molar-refractivity contribution in [2.45, 2.75) is 11.9 Å². The van der Waals surface area contributed by atoms with Crippen LogP contribution in [0.5, 0.6) is 0 Å². The Labute approximate surface area is 141 Å². The van der Waals surface area contributed by atoms with E-state index in [1.165, 1.54) is 4.90 Å². The molecule has 0 aliphatic carbocycles. The number of nitrogens with zero attached hydrogens (tertiary/aromatic N) is 1. The molecule has 1 atom stereocenters. The van der Waals surface area contributed by atoms with Crippen molar-refractivity contribution >= 4 is 44.5 Å². The van der Waals surface area contributed by atoms with Gasteiger partial charge in [0.15, 0.2) is 5.37 Å². The molecule has 22 heavy (non-hydrogen) atoms. The lowest BCUT2D eigenvalue weighted by Gasteiger charge is -2.15. The van der Waals surface area contributed by atoms with Crippen molar-refractivity contribution in [1.82, 2.24) is 4.90 Å². The number of carbonyl (C=O) groups excluding carboxylic acids is 2. The van der Waals surface area contributed by atoms with E-state index in [1.54, 1.807) is 0 Å². The van der Waals surface area contributed by atoms with Crippen LogP contribution in [0, 0.1) is 0 Å². The number of hydrogen-bond acceptors (Lipinski definition) is 4. The first kappa shape index (κ1) is 15.1. The van der Waals surface area contributed by atoms with Gasteiger partial charge in [0, 0.05) is 10.2 Å². The number of carbonyl (C=O) groups is 2. The number of rotatable bonds is 4. The maximum atomic E-state index is 12.4. The minimum Gasteiger partial charge on any atom is -0.365 e. The molecule has 2 aromatic carbocycles. The number of nitrogens with one attached hydrogen (secondary N) is 1. The lowest BCUT2D eigenvalue weighted by molar-refractivity contribution is -0.126. The molecule has 112 valence electrons. The van der Waals surface area contributed by atoms with E-state index in [4.69, 9.17) is 0 Å². The van der Waals surface area contributed by atoms with E-state index in [0.717, 1.165) is 27.5 Å². The van der Waals surface area contributed by atoms with Crippen molar-refractivity contribution in [2.75, 3.05) is 5.32 Å². The molecule has 0 bridgehead atoms. The molecule has 1 aliphatic heterocycles. The standard InChI is InChI=1S/C16H13BrN2O2S/c17-12-6-8-13(9-7-12)18-14-15(20)19(16(21)22-14)10-11-4-2-1-3-5-11/h1-9,14,18H,10H2. The van der Waals surface area contributed by atoms with Gasteiger partial charge in [0.2, 0.25) is 0 Å². The van der Waals surface area contributed by atoms with Gasteiger partial charge in [-0.1, -0.05) is 46.3 Å². The van der Waals surface area contributed by atoms with Crippen LogP contribution in [-0.4, -0.2) is 21.4 Å². The Balaban J connectivity index is 1.70. The lowest BCUT2D eigenvalue weighted by Crippen LogP contribution is -2.33. The number of anilines is 1. The summed E-state index contributed by atoms with van der Waals surface area (Å²) in [7, 11) is 0. The molecular weight excluding hydrogens is 364 g/mol. The van der Waals surface area contributed by atoms with Gasteiger partial charge in [0.25, 0.3) is 11.1 Å². The summed E-state index contributed by atoms with van der Waals surface area (Å²) >= 11 is 4.38. The maximum Gasteiger partial charge on any atom is 0.291 e. The minimum atomic E-state index is -0.572. The summed E-state index contributed by atoms with van der Waals surface area (Å²) in [6.07, 6.45) is 0. The molecule has 1 heterocycles. The van der Waals surface area contributed by atoms with Crippen LogP contribution in [0.15, 0.2) is 59.1 Å². The summed E-state index contributed by atoms with van der Waals surface area (Å²) in [6, 6.07) is 17.0. The highest BCUT2D eigenvalue weighted by atomic mass is 79.9. The van der Waals surface area contributed by atoms with Crippen LogP contribution < -0.4 is 5.32 Å². The third-order valence-corrected chi connectivity index (χ3v) is 4.76. The summed E-state index contributed by atoms with van der Waals surface area (Å²) in [5.41, 5.74) is 1.75. The number of imide groups is 1. The molecule has 0 saturated carbocycles. The zero-order valence-corrected chi connectivity index (χ0v) is 13.9. The first-order valence-electron chi connectivity index (χ1n) is 6.71. The van der Waals surface area contributed by atoms with Gasteiger partial charge >= 0.3 is 0 Å². The van der Waals surface area contributed by atoms with Crippen LogP contribution in [0.1, 0.15) is 5.56 Å². The Kier molecular flexibility index (Phi) is 4.49. The quantitative estimate of drug-likeness (QED) is 0.872. The molecular formula is C16H13BrN2O2S. The van der Waals surface area contributed by atoms with Crippen LogP contribution in [0.25, 0.3) is 0 Å². The SMILES string of the molecule is O=C1SC(Nc2ccc(Br)cc2)C(=O)N1Cc1ccccc1. The third kappa shape index (κ3) is 3.34. The largest absolute Gasteiger partial charge is 0.365 e. The Morgan fingerprint density at radius 1 is 1.05 bits per heavy atom. The number of amides is 2. The van der Waals surface area contributed by atoms with Crippen LogP contribution in [0.2, 0.25) is 0 Å². The molecule has 0 spiro atoms. The minimum absolute atomic E-state index is 0.207. The zero-order chi connectivity index (χ0) is 15.5. The molecule has 0 radical (unpaired) electrons. The number of halogens is 1. The predicted molar refractivity (Wildman–Crippen MR) is 91.5 cm³/mol. The maximum absolute atomic E-state index is 12.4. The summed E-state index contributed by atoms with van der Waals surface area (Å²) in [5, 5.41) is 2.30. The highest BCUT2D eigenvalue weighted by molar-refractivity contribution is 9.10. The fourth-order valence-electron chi connectivity index (χ4n) is 2.14. The van der Waals surface area contributed by atoms with Gasteiger partial charge in [-0.2, -0.15) is 0 Å². The molecule has 0 aromatic heterocycles. The summed E-state index contributed by atoms with van der Waals surface area (Å²) < 4.78 is 0.963. The van der Waals surface area contributed by atoms with Crippen molar-refractivity contribution in [2.24, 2.45) is 0 Å². The van der Waals surface area contributed by atoms with E-state index in [9.17, 15) is 9.59 Å². The highest BCUT2D eigenvalue weighted by Crippen LogP contribution is 2.29. The van der Waals surface area contributed by atoms with E-state index in [1.807, 2.05) is 54.6 Å². The molecule has 2 amide bonds. The molecule has 1 N–H and O–H groups in total. The van der Waals surface area contributed by atoms with E-state index in [0.29, 0.717) is 6.54 Å². The van der Waals surface area contributed by atoms with Crippen LogP contribution in [0.4, 0.5) is 10.5 Å². The third-order valence-electron chi connectivity index (χ3n) is 3.25. The number of benzene rings is 2. The average Bonchev–Trinajstić information content (AvgIpc) is 2.78. The highest BCUT2D eigenvalue weighted by Gasteiger charge is 2.39. The first-order valence-corrected chi connectivity index (χ1v) is 8.39. The van der Waals surface area contributed by atoms with Crippen molar-refractivity contribution < 1.29 is 9.59 Å². The number of hydrogen-bond donors (Lipinski definition) is 1. The van der Waals surface area contributed by atoms with Crippen LogP contribution >= 0.6 is 27.7 Å². The Bertz CT molecular complexity index is 691. The Hall–Kier alpha value is -1.79. The average molecular weight is 377 g/mol. The number of thioether (sulfide) groups is 1. The second kappa shape index (κ2) is 6.54. The van der Waals surface area contributed by atoms with Gasteiger partial charge in [-0.05, 0) is 41.6 Å². The van der Waals surface area contributed by atoms with Crippen molar-refractivity contribution in [1.29, 1.82) is 0 Å². The fourth-order valence-corrected chi connectivity index (χ4v) is 3.31. The van der Waals surface area contributed by atoms with Crippen LogP contribution in [-0.2, 0) is 11.3 Å². The molecule has 1 unspecified atom stereocenters. The van der Waals surface area contributed by atoms with Gasteiger partial charge in [-0.3, -0.25) is 14.5 Å². The molecule has 2 aromatic rings. The van der Waals surface area contributed by atoms with Crippen molar-refractivity contribution in [3.8, 4) is 0 Å². The Morgan fingerprint density at radius 2 is 1.73 bits per heavy atom. The van der Waals surface area contributed by atoms with Crippen LogP contribution in [0.3, 0.4) is 0 Å². The van der Waals surface area contributed by atoms with Gasteiger partial charge in [-0.25, -0.2) is 0 Å². The topological polar surface area (TPSA) is 49.4 Å². The molecule has 1 saturated heterocycles. The predicted octanol–water partition coefficient (Wildman–Crippen LogP) is 4.08. The smallest absolute Gasteiger partial charge is 0.291 e. The monoisotopic (exact) mass is 376 g/mol. The molecule has 6 heteroatoms. The van der Waals surface area contributed by atoms with Crippen molar-refractivity contribution in [3.63, 3.8) is 0 Å².